The van der Waals surface area contributed by atoms with Crippen LogP contribution in [0.4, 0.5) is 5.69 Å². The van der Waals surface area contributed by atoms with Crippen LogP contribution in [0.2, 0.25) is 5.02 Å². The van der Waals surface area contributed by atoms with Gasteiger partial charge in [-0.1, -0.05) is 39.7 Å². The van der Waals surface area contributed by atoms with Crippen molar-refractivity contribution < 1.29 is 9.21 Å². The van der Waals surface area contributed by atoms with Crippen LogP contribution in [0.3, 0.4) is 0 Å². The zero-order valence-electron chi connectivity index (χ0n) is 14.8. The van der Waals surface area contributed by atoms with Crippen molar-refractivity contribution in [2.24, 2.45) is 0 Å². The summed E-state index contributed by atoms with van der Waals surface area (Å²) in [6.07, 6.45) is 2.94. The summed E-state index contributed by atoms with van der Waals surface area (Å²) in [7, 11) is 0. The summed E-state index contributed by atoms with van der Waals surface area (Å²) in [5.74, 6) is 0.869. The van der Waals surface area contributed by atoms with Gasteiger partial charge in [-0.25, -0.2) is 0 Å². The summed E-state index contributed by atoms with van der Waals surface area (Å²) < 4.78 is 6.71. The average Bonchev–Trinajstić information content (AvgIpc) is 3.13. The smallest absolute Gasteiger partial charge is 0.250 e. The van der Waals surface area contributed by atoms with Crippen molar-refractivity contribution in [3.8, 4) is 11.3 Å². The lowest BCUT2D eigenvalue weighted by molar-refractivity contribution is -0.115. The molecule has 0 fully saturated rings. The van der Waals surface area contributed by atoms with E-state index >= 15 is 0 Å². The topological polar surface area (TPSA) is 54.3 Å². The van der Waals surface area contributed by atoms with Crippen LogP contribution in [0.15, 0.2) is 69.6 Å². The second-order valence-corrected chi connectivity index (χ2v) is 7.68. The Balaban J connectivity index is 1.58. The predicted octanol–water partition coefficient (Wildman–Crippen LogP) is 6.20. The highest BCUT2D eigenvalue weighted by Gasteiger charge is 2.06. The summed E-state index contributed by atoms with van der Waals surface area (Å²) in [5.41, 5.74) is 2.66. The molecule has 2 aromatic carbocycles. The molecule has 3 rings (SSSR count). The third-order valence-electron chi connectivity index (χ3n) is 3.82. The molecule has 7 heteroatoms. The number of hydrogen-bond acceptors (Lipinski definition) is 3. The van der Waals surface area contributed by atoms with Gasteiger partial charge in [-0.3, -0.25) is 10.1 Å². The van der Waals surface area contributed by atoms with Crippen LogP contribution in [-0.4, -0.2) is 11.0 Å². The van der Waals surface area contributed by atoms with Gasteiger partial charge < -0.3 is 9.73 Å². The van der Waals surface area contributed by atoms with Crippen molar-refractivity contribution in [1.82, 2.24) is 5.32 Å². The number of carbonyl (C=O) groups excluding carboxylic acids is 1. The normalized spacial score (nSPS) is 10.8. The maximum absolute atomic E-state index is 12.0. The summed E-state index contributed by atoms with van der Waals surface area (Å²) in [6, 6.07) is 16.8. The predicted molar refractivity (Wildman–Crippen MR) is 121 cm³/mol. The highest BCUT2D eigenvalue weighted by atomic mass is 79.9. The molecule has 0 saturated carbocycles. The van der Waals surface area contributed by atoms with E-state index in [9.17, 15) is 4.79 Å². The molecule has 1 heterocycles. The molecule has 0 aliphatic rings. The Kier molecular flexibility index (Phi) is 6.67. The average molecular weight is 476 g/mol. The molecule has 28 heavy (non-hydrogen) atoms. The first-order valence-electron chi connectivity index (χ1n) is 8.33. The molecule has 1 amide bonds. The number of aryl methyl sites for hydroxylation is 1. The first kappa shape index (κ1) is 20.3. The Morgan fingerprint density at radius 3 is 2.61 bits per heavy atom. The van der Waals surface area contributed by atoms with E-state index < -0.39 is 0 Å². The number of rotatable bonds is 4. The summed E-state index contributed by atoms with van der Waals surface area (Å²) in [5, 5.41) is 6.42. The van der Waals surface area contributed by atoms with E-state index in [2.05, 4.69) is 26.6 Å². The second-order valence-electron chi connectivity index (χ2n) is 5.95. The van der Waals surface area contributed by atoms with E-state index in [0.717, 1.165) is 21.3 Å². The molecule has 1 aromatic heterocycles. The Morgan fingerprint density at radius 2 is 1.89 bits per heavy atom. The van der Waals surface area contributed by atoms with Crippen LogP contribution in [0.25, 0.3) is 17.4 Å². The molecule has 0 atom stereocenters. The highest BCUT2D eigenvalue weighted by Crippen LogP contribution is 2.27. The largest absolute Gasteiger partial charge is 0.457 e. The summed E-state index contributed by atoms with van der Waals surface area (Å²) >= 11 is 14.7. The third kappa shape index (κ3) is 5.55. The number of nitrogens with one attached hydrogen (secondary N) is 2. The number of benzene rings is 2. The highest BCUT2D eigenvalue weighted by molar-refractivity contribution is 9.10. The first-order chi connectivity index (χ1) is 13.4. The lowest BCUT2D eigenvalue weighted by Crippen LogP contribution is -2.32. The molecule has 3 aromatic rings. The Labute approximate surface area is 181 Å². The Hall–Kier alpha value is -2.41. The van der Waals surface area contributed by atoms with Gasteiger partial charge in [0, 0.05) is 26.8 Å². The summed E-state index contributed by atoms with van der Waals surface area (Å²) in [6.45, 7) is 1.94. The quantitative estimate of drug-likeness (QED) is 0.348. The van der Waals surface area contributed by atoms with E-state index in [0.29, 0.717) is 16.5 Å². The molecule has 0 aliphatic carbocycles. The minimum absolute atomic E-state index is 0.214. The van der Waals surface area contributed by atoms with Crippen molar-refractivity contribution in [2.45, 2.75) is 6.92 Å². The fourth-order valence-electron chi connectivity index (χ4n) is 2.35. The molecule has 0 radical (unpaired) electrons. The maximum Gasteiger partial charge on any atom is 0.250 e. The number of carbonyl (C=O) groups is 1. The molecule has 142 valence electrons. The van der Waals surface area contributed by atoms with Gasteiger partial charge in [0.15, 0.2) is 5.11 Å². The SMILES string of the molecule is Cc1ccc(-c2ccc(/C=C/C(=O)NC(=S)Nc3ccc(Br)cc3)o2)cc1Cl. The zero-order chi connectivity index (χ0) is 20.1. The zero-order valence-corrected chi connectivity index (χ0v) is 18.0. The fourth-order valence-corrected chi connectivity index (χ4v) is 3.01. The van der Waals surface area contributed by atoms with Crippen LogP contribution in [-0.2, 0) is 4.79 Å². The van der Waals surface area contributed by atoms with Gasteiger partial charge in [-0.05, 0) is 73.2 Å². The number of anilines is 1. The number of furan rings is 1. The summed E-state index contributed by atoms with van der Waals surface area (Å²) in [4.78, 5) is 12.0. The van der Waals surface area contributed by atoms with Crippen LogP contribution in [0.1, 0.15) is 11.3 Å². The molecule has 0 unspecified atom stereocenters. The van der Waals surface area contributed by atoms with Crippen LogP contribution in [0.5, 0.6) is 0 Å². The first-order valence-corrected chi connectivity index (χ1v) is 9.90. The number of thiocarbonyl (C=S) groups is 1. The lowest BCUT2D eigenvalue weighted by Gasteiger charge is -2.07. The van der Waals surface area contributed by atoms with Crippen LogP contribution >= 0.6 is 39.7 Å². The minimum atomic E-state index is -0.356. The Morgan fingerprint density at radius 1 is 1.14 bits per heavy atom. The van der Waals surface area contributed by atoms with Crippen LogP contribution < -0.4 is 10.6 Å². The number of hydrogen-bond donors (Lipinski definition) is 2. The van der Waals surface area contributed by atoms with Gasteiger partial charge in [0.2, 0.25) is 5.91 Å². The van der Waals surface area contributed by atoms with Crippen LogP contribution in [0, 0.1) is 6.92 Å². The number of amides is 1. The van der Waals surface area contributed by atoms with Crippen molar-refractivity contribution in [3.63, 3.8) is 0 Å². The lowest BCUT2D eigenvalue weighted by atomic mass is 10.1. The number of halogens is 2. The molecule has 0 spiro atoms. The fraction of sp³-hybridized carbons (Fsp3) is 0.0476. The molecule has 0 bridgehead atoms. The van der Waals surface area contributed by atoms with E-state index in [1.807, 2.05) is 55.5 Å². The molecule has 0 saturated heterocycles. The van der Waals surface area contributed by atoms with E-state index in [4.69, 9.17) is 28.2 Å². The van der Waals surface area contributed by atoms with Gasteiger partial charge in [0.05, 0.1) is 0 Å². The molecular weight excluding hydrogens is 460 g/mol. The third-order valence-corrected chi connectivity index (χ3v) is 4.96. The van der Waals surface area contributed by atoms with Gasteiger partial charge in [-0.15, -0.1) is 0 Å². The van der Waals surface area contributed by atoms with Crippen molar-refractivity contribution in [3.05, 3.63) is 81.5 Å². The Bertz CT molecular complexity index is 1040. The molecule has 0 aliphatic heterocycles. The monoisotopic (exact) mass is 474 g/mol. The van der Waals surface area contributed by atoms with E-state index in [1.165, 1.54) is 6.08 Å². The molecule has 4 nitrogen and oxygen atoms in total. The second kappa shape index (κ2) is 9.19. The molecular formula is C21H16BrClN2O2S. The van der Waals surface area contributed by atoms with Gasteiger partial charge in [-0.2, -0.15) is 0 Å². The van der Waals surface area contributed by atoms with Gasteiger partial charge in [0.1, 0.15) is 11.5 Å². The minimum Gasteiger partial charge on any atom is -0.457 e. The molecule has 2 N–H and O–H groups in total. The maximum atomic E-state index is 12.0. The van der Waals surface area contributed by atoms with Crippen molar-refractivity contribution in [2.75, 3.05) is 5.32 Å². The standard InChI is InChI=1S/C21H16BrClN2O2S/c1-13-2-3-14(12-18(13)23)19-10-8-17(27-19)9-11-20(26)25-21(28)24-16-6-4-15(22)5-7-16/h2-12H,1H3,(H2,24,25,26,28)/b11-9+. The van der Waals surface area contributed by atoms with Crippen molar-refractivity contribution >= 4 is 62.5 Å². The van der Waals surface area contributed by atoms with Gasteiger partial charge in [0.25, 0.3) is 0 Å². The van der Waals surface area contributed by atoms with Crippen molar-refractivity contribution in [1.29, 1.82) is 0 Å². The van der Waals surface area contributed by atoms with E-state index in [1.54, 1.807) is 12.1 Å². The van der Waals surface area contributed by atoms with Gasteiger partial charge >= 0.3 is 0 Å². The van der Waals surface area contributed by atoms with E-state index in [-0.39, 0.29) is 11.0 Å².